The summed E-state index contributed by atoms with van der Waals surface area (Å²) in [6.07, 6.45) is 0.422. The van der Waals surface area contributed by atoms with Crippen LogP contribution >= 0.6 is 0 Å². The van der Waals surface area contributed by atoms with Gasteiger partial charge in [0.25, 0.3) is 5.91 Å². The third-order valence-corrected chi connectivity index (χ3v) is 7.70. The van der Waals surface area contributed by atoms with E-state index in [0.29, 0.717) is 45.0 Å². The van der Waals surface area contributed by atoms with Gasteiger partial charge in [0.05, 0.1) is 18.1 Å². The third kappa shape index (κ3) is 7.50. The first-order valence-corrected chi connectivity index (χ1v) is 13.3. The third-order valence-electron chi connectivity index (χ3n) is 5.79. The molecule has 2 aromatic carbocycles. The number of aliphatic hydroxyl groups is 1. The Bertz CT molecular complexity index is 1090. The van der Waals surface area contributed by atoms with Crippen LogP contribution < -0.4 is 10.1 Å². The van der Waals surface area contributed by atoms with E-state index in [1.54, 1.807) is 6.92 Å². The number of aliphatic hydroxyl groups excluding tert-OH is 1. The maximum atomic E-state index is 13.1. The van der Waals surface area contributed by atoms with Crippen molar-refractivity contribution < 1.29 is 32.6 Å². The Morgan fingerprint density at radius 1 is 1.11 bits per heavy atom. The van der Waals surface area contributed by atoms with Crippen LogP contribution in [0, 0.1) is 0 Å². The molecule has 1 aliphatic heterocycles. The highest BCUT2D eigenvalue weighted by molar-refractivity contribution is 7.89. The zero-order chi connectivity index (χ0) is 26.0. The Labute approximate surface area is 211 Å². The lowest BCUT2D eigenvalue weighted by Gasteiger charge is -2.28. The second kappa shape index (κ2) is 13.4. The summed E-state index contributed by atoms with van der Waals surface area (Å²) in [5.41, 5.74) is 0.860. The largest absolute Gasteiger partial charge is 0.484 e. The van der Waals surface area contributed by atoms with Crippen LogP contribution in [0.15, 0.2) is 59.5 Å². The molecular formula is C25H33N3O7S. The van der Waals surface area contributed by atoms with E-state index in [1.807, 2.05) is 30.3 Å². The lowest BCUT2D eigenvalue weighted by molar-refractivity contribution is -0.142. The highest BCUT2D eigenvalue weighted by atomic mass is 32.2. The maximum absolute atomic E-state index is 13.1. The van der Waals surface area contributed by atoms with E-state index >= 15 is 0 Å². The molecule has 0 aliphatic carbocycles. The number of sulfonamides is 1. The predicted octanol–water partition coefficient (Wildman–Crippen LogP) is 1.00. The molecule has 0 unspecified atom stereocenters. The van der Waals surface area contributed by atoms with Crippen molar-refractivity contribution in [3.63, 3.8) is 0 Å². The molecule has 0 saturated carbocycles. The molecule has 1 atom stereocenters. The fourth-order valence-corrected chi connectivity index (χ4v) is 5.08. The number of benzene rings is 2. The molecule has 36 heavy (non-hydrogen) atoms. The van der Waals surface area contributed by atoms with Crippen LogP contribution in [-0.2, 0) is 30.9 Å². The number of hydrogen-bond acceptors (Lipinski definition) is 7. The first-order valence-electron chi connectivity index (χ1n) is 11.9. The second-order valence-corrected chi connectivity index (χ2v) is 10.3. The summed E-state index contributed by atoms with van der Waals surface area (Å²) in [7, 11) is -3.63. The molecule has 1 aliphatic rings. The molecule has 3 rings (SSSR count). The minimum atomic E-state index is -3.63. The number of ether oxygens (including phenoxy) is 2. The standard InChI is InChI=1S/C25H33N3O7S/c1-20(25(31)26-12-5-15-29)28(18-21-6-3-2-4-7-21)24(30)19-35-22-8-10-23(11-9-22)36(32,33)27-13-16-34-17-14-27/h2-4,6-11,20,29H,5,12-19H2,1H3,(H,26,31)/t20-/m0/s1. The van der Waals surface area contributed by atoms with Gasteiger partial charge < -0.3 is 24.8 Å². The molecule has 11 heteroatoms. The molecule has 1 saturated heterocycles. The summed E-state index contributed by atoms with van der Waals surface area (Å²) in [5, 5.41) is 11.7. The van der Waals surface area contributed by atoms with Crippen molar-refractivity contribution in [1.82, 2.24) is 14.5 Å². The number of amides is 2. The molecule has 1 heterocycles. The number of rotatable bonds is 12. The van der Waals surface area contributed by atoms with E-state index < -0.39 is 22.0 Å². The number of carbonyl (C=O) groups excluding carboxylic acids is 2. The van der Waals surface area contributed by atoms with Crippen molar-refractivity contribution >= 4 is 21.8 Å². The van der Waals surface area contributed by atoms with Crippen molar-refractivity contribution in [1.29, 1.82) is 0 Å². The van der Waals surface area contributed by atoms with Gasteiger partial charge >= 0.3 is 0 Å². The normalized spacial score (nSPS) is 15.2. The summed E-state index contributed by atoms with van der Waals surface area (Å²) < 4.78 is 37.8. The molecule has 0 bridgehead atoms. The maximum Gasteiger partial charge on any atom is 0.261 e. The Kier molecular flexibility index (Phi) is 10.2. The van der Waals surface area contributed by atoms with Crippen molar-refractivity contribution in [3.05, 3.63) is 60.2 Å². The molecule has 2 N–H and O–H groups in total. The van der Waals surface area contributed by atoms with Gasteiger partial charge in [0.1, 0.15) is 11.8 Å². The van der Waals surface area contributed by atoms with Gasteiger partial charge in [-0.1, -0.05) is 30.3 Å². The fourth-order valence-electron chi connectivity index (χ4n) is 3.67. The highest BCUT2D eigenvalue weighted by Crippen LogP contribution is 2.21. The number of carbonyl (C=O) groups is 2. The predicted molar refractivity (Wildman–Crippen MR) is 133 cm³/mol. The molecule has 196 valence electrons. The first kappa shape index (κ1) is 27.6. The molecule has 2 aromatic rings. The molecule has 10 nitrogen and oxygen atoms in total. The van der Waals surface area contributed by atoms with Crippen LogP contribution in [0.1, 0.15) is 18.9 Å². The molecule has 0 radical (unpaired) electrons. The van der Waals surface area contributed by atoms with Crippen LogP contribution in [0.3, 0.4) is 0 Å². The van der Waals surface area contributed by atoms with Crippen LogP contribution in [-0.4, -0.2) is 86.6 Å². The quantitative estimate of drug-likeness (QED) is 0.401. The van der Waals surface area contributed by atoms with Crippen LogP contribution in [0.4, 0.5) is 0 Å². The monoisotopic (exact) mass is 519 g/mol. The summed E-state index contributed by atoms with van der Waals surface area (Å²) in [5.74, 6) is -0.386. The van der Waals surface area contributed by atoms with E-state index in [0.717, 1.165) is 5.56 Å². The summed E-state index contributed by atoms with van der Waals surface area (Å²) in [6.45, 7) is 3.13. The van der Waals surface area contributed by atoms with Crippen LogP contribution in [0.25, 0.3) is 0 Å². The van der Waals surface area contributed by atoms with Crippen molar-refractivity contribution in [3.8, 4) is 5.75 Å². The Hall–Kier alpha value is -2.99. The minimum absolute atomic E-state index is 0.0400. The molecule has 1 fully saturated rings. The van der Waals surface area contributed by atoms with E-state index in [-0.39, 0.29) is 30.6 Å². The van der Waals surface area contributed by atoms with Crippen LogP contribution in [0.2, 0.25) is 0 Å². The molecule has 0 aromatic heterocycles. The Morgan fingerprint density at radius 3 is 2.42 bits per heavy atom. The number of nitrogens with zero attached hydrogens (tertiary/aromatic N) is 2. The average Bonchev–Trinajstić information content (AvgIpc) is 2.91. The van der Waals surface area contributed by atoms with Gasteiger partial charge in [0.15, 0.2) is 6.61 Å². The fraction of sp³-hybridized carbons (Fsp3) is 0.440. The Morgan fingerprint density at radius 2 is 1.78 bits per heavy atom. The van der Waals surface area contributed by atoms with Crippen molar-refractivity contribution in [2.75, 3.05) is 46.1 Å². The molecule has 0 spiro atoms. The van der Waals surface area contributed by atoms with Crippen molar-refractivity contribution in [2.45, 2.75) is 30.8 Å². The lowest BCUT2D eigenvalue weighted by atomic mass is 10.1. The number of nitrogens with one attached hydrogen (secondary N) is 1. The summed E-state index contributed by atoms with van der Waals surface area (Å²) >= 11 is 0. The topological polar surface area (TPSA) is 125 Å². The van der Waals surface area contributed by atoms with Gasteiger partial charge in [-0.05, 0) is 43.2 Å². The number of hydrogen-bond donors (Lipinski definition) is 2. The average molecular weight is 520 g/mol. The van der Waals surface area contributed by atoms with E-state index in [1.165, 1.54) is 33.5 Å². The summed E-state index contributed by atoms with van der Waals surface area (Å²) in [6, 6.07) is 14.5. The van der Waals surface area contributed by atoms with E-state index in [2.05, 4.69) is 5.32 Å². The van der Waals surface area contributed by atoms with Gasteiger partial charge in [0.2, 0.25) is 15.9 Å². The van der Waals surface area contributed by atoms with Gasteiger partial charge in [-0.2, -0.15) is 4.31 Å². The molecular weight excluding hydrogens is 486 g/mol. The lowest BCUT2D eigenvalue weighted by Crippen LogP contribution is -2.49. The SMILES string of the molecule is C[C@@H](C(=O)NCCCO)N(Cc1ccccc1)C(=O)COc1ccc(S(=O)(=O)N2CCOCC2)cc1. The van der Waals surface area contributed by atoms with Crippen molar-refractivity contribution in [2.24, 2.45) is 0 Å². The molecule has 2 amide bonds. The van der Waals surface area contributed by atoms with Gasteiger partial charge in [-0.15, -0.1) is 0 Å². The second-order valence-electron chi connectivity index (χ2n) is 8.33. The van der Waals surface area contributed by atoms with Gasteiger partial charge in [-0.25, -0.2) is 8.42 Å². The zero-order valence-electron chi connectivity index (χ0n) is 20.3. The summed E-state index contributed by atoms with van der Waals surface area (Å²) in [4.78, 5) is 27.3. The number of morpholine rings is 1. The van der Waals surface area contributed by atoms with Crippen LogP contribution in [0.5, 0.6) is 5.75 Å². The minimum Gasteiger partial charge on any atom is -0.484 e. The van der Waals surface area contributed by atoms with Gasteiger partial charge in [-0.3, -0.25) is 9.59 Å². The van der Waals surface area contributed by atoms with E-state index in [9.17, 15) is 18.0 Å². The Balaban J connectivity index is 1.65. The zero-order valence-corrected chi connectivity index (χ0v) is 21.2. The van der Waals surface area contributed by atoms with E-state index in [4.69, 9.17) is 14.6 Å². The smallest absolute Gasteiger partial charge is 0.261 e. The van der Waals surface area contributed by atoms with Gasteiger partial charge in [0, 0.05) is 32.8 Å². The highest BCUT2D eigenvalue weighted by Gasteiger charge is 2.28. The first-order chi connectivity index (χ1) is 17.3.